The van der Waals surface area contributed by atoms with Gasteiger partial charge in [-0.15, -0.1) is 0 Å². The largest absolute Gasteiger partial charge is 0.372 e. The van der Waals surface area contributed by atoms with Crippen molar-refractivity contribution in [2.24, 2.45) is 0 Å². The summed E-state index contributed by atoms with van der Waals surface area (Å²) in [5, 5.41) is 3.58. The van der Waals surface area contributed by atoms with Crippen LogP contribution in [-0.4, -0.2) is 18.6 Å². The number of benzene rings is 1. The van der Waals surface area contributed by atoms with Gasteiger partial charge in [-0.25, -0.2) is 0 Å². The highest BCUT2D eigenvalue weighted by Gasteiger charge is 2.12. The van der Waals surface area contributed by atoms with Gasteiger partial charge in [0.2, 0.25) is 0 Å². The molecule has 0 saturated carbocycles. The van der Waals surface area contributed by atoms with Gasteiger partial charge in [-0.3, -0.25) is 0 Å². The van der Waals surface area contributed by atoms with Gasteiger partial charge in [-0.05, 0) is 63.8 Å². The maximum atomic E-state index is 3.58. The molecule has 1 saturated heterocycles. The summed E-state index contributed by atoms with van der Waals surface area (Å²) < 4.78 is 0. The van der Waals surface area contributed by atoms with Crippen LogP contribution < -0.4 is 10.2 Å². The van der Waals surface area contributed by atoms with Gasteiger partial charge in [0.15, 0.2) is 0 Å². The molecular weight excluding hydrogens is 256 g/mol. The lowest BCUT2D eigenvalue weighted by Gasteiger charge is -2.28. The monoisotopic (exact) mass is 288 g/mol. The number of hydrogen-bond acceptors (Lipinski definition) is 2. The van der Waals surface area contributed by atoms with Crippen LogP contribution in [0.15, 0.2) is 18.2 Å². The van der Waals surface area contributed by atoms with Crippen LogP contribution in [0.4, 0.5) is 5.69 Å². The highest BCUT2D eigenvalue weighted by molar-refractivity contribution is 5.51. The molecule has 21 heavy (non-hydrogen) atoms. The highest BCUT2D eigenvalue weighted by atomic mass is 15.1. The molecule has 2 nitrogen and oxygen atoms in total. The lowest BCUT2D eigenvalue weighted by atomic mass is 10.0. The van der Waals surface area contributed by atoms with Crippen LogP contribution in [-0.2, 0) is 6.54 Å². The Morgan fingerprint density at radius 2 is 1.62 bits per heavy atom. The molecule has 0 radical (unpaired) electrons. The molecule has 0 amide bonds. The second-order valence-electron chi connectivity index (χ2n) is 7.47. The second-order valence-corrected chi connectivity index (χ2v) is 7.47. The zero-order valence-corrected chi connectivity index (χ0v) is 14.3. The first-order valence-electron chi connectivity index (χ1n) is 8.55. The summed E-state index contributed by atoms with van der Waals surface area (Å²) in [4.78, 5) is 2.58. The van der Waals surface area contributed by atoms with Crippen LogP contribution in [0.3, 0.4) is 0 Å². The van der Waals surface area contributed by atoms with Crippen molar-refractivity contribution in [2.75, 3.05) is 18.0 Å². The van der Waals surface area contributed by atoms with E-state index in [4.69, 9.17) is 0 Å². The predicted octanol–water partition coefficient (Wildman–Crippen LogP) is 4.65. The normalized spacial score (nSPS) is 17.4. The highest BCUT2D eigenvalue weighted by Crippen LogP contribution is 2.22. The Bertz CT molecular complexity index is 437. The third-order valence-corrected chi connectivity index (χ3v) is 4.36. The number of nitrogens with one attached hydrogen (secondary N) is 1. The molecule has 1 heterocycles. The summed E-state index contributed by atoms with van der Waals surface area (Å²) in [5.41, 5.74) is 4.41. The van der Waals surface area contributed by atoms with E-state index in [1.807, 2.05) is 0 Å². The van der Waals surface area contributed by atoms with Crippen molar-refractivity contribution in [3.63, 3.8) is 0 Å². The summed E-state index contributed by atoms with van der Waals surface area (Å²) >= 11 is 0. The van der Waals surface area contributed by atoms with E-state index >= 15 is 0 Å². The zero-order valence-electron chi connectivity index (χ0n) is 14.3. The topological polar surface area (TPSA) is 15.3 Å². The molecule has 2 rings (SSSR count). The van der Waals surface area contributed by atoms with E-state index in [1.54, 1.807) is 0 Å². The maximum Gasteiger partial charge on any atom is 0.0369 e. The van der Waals surface area contributed by atoms with E-state index < -0.39 is 0 Å². The molecule has 2 heteroatoms. The number of nitrogens with zero attached hydrogens (tertiary/aromatic N) is 1. The van der Waals surface area contributed by atoms with Crippen LogP contribution in [0, 0.1) is 6.92 Å². The van der Waals surface area contributed by atoms with Crippen LogP contribution in [0.25, 0.3) is 0 Å². The Labute approximate surface area is 130 Å². The van der Waals surface area contributed by atoms with Gasteiger partial charge in [0.25, 0.3) is 0 Å². The minimum atomic E-state index is 0.175. The Morgan fingerprint density at radius 1 is 1.00 bits per heavy atom. The molecular formula is C19H32N2. The third kappa shape index (κ3) is 5.35. The molecule has 1 aliphatic rings. The quantitative estimate of drug-likeness (QED) is 0.870. The van der Waals surface area contributed by atoms with E-state index in [1.165, 1.54) is 62.0 Å². The summed E-state index contributed by atoms with van der Waals surface area (Å²) in [5.74, 6) is 0. The second kappa shape index (κ2) is 7.31. The fourth-order valence-corrected chi connectivity index (χ4v) is 2.94. The molecule has 0 unspecified atom stereocenters. The number of hydrogen-bond donors (Lipinski definition) is 1. The minimum Gasteiger partial charge on any atom is -0.372 e. The fraction of sp³-hybridized carbons (Fsp3) is 0.684. The standard InChI is InChI=1S/C19H32N2/c1-16-14-18(21-12-8-6-5-7-9-13-21)11-10-17(16)15-20-19(2,3)4/h10-11,14,20H,5-9,12-13,15H2,1-4H3. The summed E-state index contributed by atoms with van der Waals surface area (Å²) in [7, 11) is 0. The van der Waals surface area contributed by atoms with Gasteiger partial charge >= 0.3 is 0 Å². The molecule has 1 fully saturated rings. The van der Waals surface area contributed by atoms with Gasteiger partial charge in [0.1, 0.15) is 0 Å². The smallest absolute Gasteiger partial charge is 0.0369 e. The van der Waals surface area contributed by atoms with Crippen molar-refractivity contribution in [3.05, 3.63) is 29.3 Å². The van der Waals surface area contributed by atoms with Crippen LogP contribution >= 0.6 is 0 Å². The van der Waals surface area contributed by atoms with E-state index in [-0.39, 0.29) is 5.54 Å². The average Bonchev–Trinajstić information content (AvgIpc) is 2.36. The lowest BCUT2D eigenvalue weighted by Crippen LogP contribution is -2.35. The van der Waals surface area contributed by atoms with E-state index in [9.17, 15) is 0 Å². The van der Waals surface area contributed by atoms with E-state index in [2.05, 4.69) is 56.1 Å². The predicted molar refractivity (Wildman–Crippen MR) is 93.1 cm³/mol. The van der Waals surface area contributed by atoms with Gasteiger partial charge in [-0.2, -0.15) is 0 Å². The zero-order chi connectivity index (χ0) is 15.3. The summed E-state index contributed by atoms with van der Waals surface area (Å²) in [6.07, 6.45) is 6.88. The van der Waals surface area contributed by atoms with E-state index in [0.29, 0.717) is 0 Å². The summed E-state index contributed by atoms with van der Waals surface area (Å²) in [6, 6.07) is 7.00. The maximum absolute atomic E-state index is 3.58. The minimum absolute atomic E-state index is 0.175. The van der Waals surface area contributed by atoms with Crippen molar-refractivity contribution in [1.29, 1.82) is 0 Å². The fourth-order valence-electron chi connectivity index (χ4n) is 2.94. The van der Waals surface area contributed by atoms with Gasteiger partial charge in [0, 0.05) is 30.9 Å². The Morgan fingerprint density at radius 3 is 2.19 bits per heavy atom. The molecule has 0 spiro atoms. The molecule has 1 aromatic rings. The van der Waals surface area contributed by atoms with E-state index in [0.717, 1.165) is 6.54 Å². The number of rotatable bonds is 3. The van der Waals surface area contributed by atoms with Crippen molar-refractivity contribution in [1.82, 2.24) is 5.32 Å². The van der Waals surface area contributed by atoms with Gasteiger partial charge < -0.3 is 10.2 Å². The molecule has 0 bridgehead atoms. The van der Waals surface area contributed by atoms with Crippen molar-refractivity contribution < 1.29 is 0 Å². The van der Waals surface area contributed by atoms with Gasteiger partial charge in [-0.1, -0.05) is 25.3 Å². The molecule has 0 atom stereocenters. The Balaban J connectivity index is 2.03. The van der Waals surface area contributed by atoms with Crippen molar-refractivity contribution >= 4 is 5.69 Å². The first-order valence-corrected chi connectivity index (χ1v) is 8.55. The Kier molecular flexibility index (Phi) is 5.69. The lowest BCUT2D eigenvalue weighted by molar-refractivity contribution is 0.424. The molecule has 1 aliphatic heterocycles. The molecule has 1 N–H and O–H groups in total. The average molecular weight is 288 g/mol. The van der Waals surface area contributed by atoms with Crippen LogP contribution in [0.5, 0.6) is 0 Å². The SMILES string of the molecule is Cc1cc(N2CCCCCCC2)ccc1CNC(C)(C)C. The van der Waals surface area contributed by atoms with Crippen molar-refractivity contribution in [3.8, 4) is 0 Å². The van der Waals surface area contributed by atoms with Crippen molar-refractivity contribution in [2.45, 2.75) is 71.9 Å². The Hall–Kier alpha value is -1.02. The van der Waals surface area contributed by atoms with Gasteiger partial charge in [0.05, 0.1) is 0 Å². The number of anilines is 1. The third-order valence-electron chi connectivity index (χ3n) is 4.36. The van der Waals surface area contributed by atoms with Crippen LogP contribution in [0.1, 0.15) is 64.0 Å². The first-order chi connectivity index (χ1) is 9.96. The van der Waals surface area contributed by atoms with Crippen LogP contribution in [0.2, 0.25) is 0 Å². The number of aryl methyl sites for hydroxylation is 1. The molecule has 0 aromatic heterocycles. The molecule has 118 valence electrons. The molecule has 0 aliphatic carbocycles. The first kappa shape index (κ1) is 16.4. The molecule has 1 aromatic carbocycles. The summed E-state index contributed by atoms with van der Waals surface area (Å²) in [6.45, 7) is 12.3.